The number of benzene rings is 1. The maximum absolute atomic E-state index is 12.9. The number of rotatable bonds is 6. The third-order valence-electron chi connectivity index (χ3n) is 5.42. The van der Waals surface area contributed by atoms with Crippen molar-refractivity contribution in [3.63, 3.8) is 0 Å². The minimum atomic E-state index is -0.400. The number of hydrogen-bond donors (Lipinski definition) is 1. The van der Waals surface area contributed by atoms with Crippen LogP contribution >= 0.6 is 11.6 Å². The van der Waals surface area contributed by atoms with Crippen LogP contribution in [0.5, 0.6) is 0 Å². The van der Waals surface area contributed by atoms with Crippen LogP contribution in [0.4, 0.5) is 5.95 Å². The molecule has 0 unspecified atom stereocenters. The summed E-state index contributed by atoms with van der Waals surface area (Å²) in [7, 11) is 3.11. The molecule has 1 fully saturated rings. The van der Waals surface area contributed by atoms with Gasteiger partial charge in [0.25, 0.3) is 5.56 Å². The lowest BCUT2D eigenvalue weighted by atomic mass is 10.2. The molecule has 1 saturated heterocycles. The summed E-state index contributed by atoms with van der Waals surface area (Å²) in [4.78, 5) is 32.2. The fourth-order valence-electron chi connectivity index (χ4n) is 3.66. The largest absolute Gasteiger partial charge is 0.379 e. The van der Waals surface area contributed by atoms with Crippen molar-refractivity contribution < 1.29 is 4.74 Å². The van der Waals surface area contributed by atoms with Gasteiger partial charge in [-0.05, 0) is 17.7 Å². The van der Waals surface area contributed by atoms with E-state index in [-0.39, 0.29) is 5.56 Å². The van der Waals surface area contributed by atoms with Crippen molar-refractivity contribution in [1.82, 2.24) is 23.6 Å². The molecule has 10 heteroatoms. The normalized spacial score (nSPS) is 15.0. The molecule has 9 nitrogen and oxygen atoms in total. The van der Waals surface area contributed by atoms with E-state index < -0.39 is 5.69 Å². The predicted octanol–water partition coefficient (Wildman–Crippen LogP) is 0.879. The van der Waals surface area contributed by atoms with Crippen LogP contribution in [0.1, 0.15) is 5.56 Å². The summed E-state index contributed by atoms with van der Waals surface area (Å²) in [6, 6.07) is 7.46. The number of halogens is 1. The second kappa shape index (κ2) is 8.63. The minimum absolute atomic E-state index is 0.365. The van der Waals surface area contributed by atoms with Gasteiger partial charge < -0.3 is 10.1 Å². The molecule has 160 valence electrons. The maximum Gasteiger partial charge on any atom is 0.332 e. The Morgan fingerprint density at radius 3 is 2.50 bits per heavy atom. The highest BCUT2D eigenvalue weighted by atomic mass is 35.5. The van der Waals surface area contributed by atoms with E-state index in [4.69, 9.17) is 16.3 Å². The smallest absolute Gasteiger partial charge is 0.332 e. The second-order valence-corrected chi connectivity index (χ2v) is 7.84. The highest BCUT2D eigenvalue weighted by Gasteiger charge is 2.19. The molecule has 2 aromatic heterocycles. The zero-order valence-corrected chi connectivity index (χ0v) is 17.9. The highest BCUT2D eigenvalue weighted by Crippen LogP contribution is 2.19. The Labute approximate surface area is 178 Å². The van der Waals surface area contributed by atoms with Gasteiger partial charge in [0, 0.05) is 45.3 Å². The standard InChI is InChI=1S/C20H25ClN6O3/c1-24-17-16(18(28)25(2)20(24)29)27(13-14-3-5-15(21)6-4-14)19(23-17)22-7-8-26-9-11-30-12-10-26/h3-6H,7-13H2,1-2H3,(H,22,23). The topological polar surface area (TPSA) is 86.3 Å². The lowest BCUT2D eigenvalue weighted by molar-refractivity contribution is 0.0398. The lowest BCUT2D eigenvalue weighted by Gasteiger charge is -2.26. The Bertz CT molecular complexity index is 1160. The number of nitrogens with zero attached hydrogens (tertiary/aromatic N) is 5. The summed E-state index contributed by atoms with van der Waals surface area (Å²) < 4.78 is 9.74. The molecule has 0 bridgehead atoms. The highest BCUT2D eigenvalue weighted by molar-refractivity contribution is 6.30. The van der Waals surface area contributed by atoms with Crippen LogP contribution in [0.2, 0.25) is 5.02 Å². The van der Waals surface area contributed by atoms with Crippen molar-refractivity contribution in [2.75, 3.05) is 44.7 Å². The number of hydrogen-bond acceptors (Lipinski definition) is 6. The number of imidazole rings is 1. The lowest BCUT2D eigenvalue weighted by Crippen LogP contribution is -2.39. The number of fused-ring (bicyclic) bond motifs is 1. The molecule has 4 rings (SSSR count). The molecule has 0 saturated carbocycles. The molecule has 3 heterocycles. The van der Waals surface area contributed by atoms with Gasteiger partial charge in [0.2, 0.25) is 5.95 Å². The van der Waals surface area contributed by atoms with Gasteiger partial charge in [0.1, 0.15) is 0 Å². The molecule has 0 aliphatic carbocycles. The van der Waals surface area contributed by atoms with E-state index in [2.05, 4.69) is 15.2 Å². The van der Waals surface area contributed by atoms with E-state index in [0.29, 0.717) is 35.2 Å². The van der Waals surface area contributed by atoms with Crippen LogP contribution in [0.15, 0.2) is 33.9 Å². The fraction of sp³-hybridized carbons (Fsp3) is 0.450. The molecule has 1 N–H and O–H groups in total. The predicted molar refractivity (Wildman–Crippen MR) is 117 cm³/mol. The van der Waals surface area contributed by atoms with Crippen LogP contribution in [0.3, 0.4) is 0 Å². The van der Waals surface area contributed by atoms with Crippen molar-refractivity contribution in [3.8, 4) is 0 Å². The fourth-order valence-corrected chi connectivity index (χ4v) is 3.78. The molecule has 3 aromatic rings. The SMILES string of the molecule is Cn1c(=O)c2c(nc(NCCN3CCOCC3)n2Cc2ccc(Cl)cc2)n(C)c1=O. The van der Waals surface area contributed by atoms with Gasteiger partial charge in [-0.25, -0.2) is 4.79 Å². The summed E-state index contributed by atoms with van der Waals surface area (Å²) in [5.41, 5.74) is 0.972. The van der Waals surface area contributed by atoms with Gasteiger partial charge in [0.15, 0.2) is 11.2 Å². The number of anilines is 1. The van der Waals surface area contributed by atoms with E-state index in [1.165, 1.54) is 11.6 Å². The monoisotopic (exact) mass is 432 g/mol. The molecule has 1 aromatic carbocycles. The quantitative estimate of drug-likeness (QED) is 0.622. The Balaban J connectivity index is 1.70. The first-order valence-corrected chi connectivity index (χ1v) is 10.3. The van der Waals surface area contributed by atoms with Gasteiger partial charge in [-0.1, -0.05) is 23.7 Å². The van der Waals surface area contributed by atoms with Crippen molar-refractivity contribution in [2.45, 2.75) is 6.54 Å². The summed E-state index contributed by atoms with van der Waals surface area (Å²) in [5.74, 6) is 0.562. The van der Waals surface area contributed by atoms with Crippen LogP contribution in [0.25, 0.3) is 11.2 Å². The molecular weight excluding hydrogens is 408 g/mol. The van der Waals surface area contributed by atoms with Crippen LogP contribution in [-0.4, -0.2) is 63.0 Å². The average Bonchev–Trinajstić information content (AvgIpc) is 3.11. The van der Waals surface area contributed by atoms with E-state index in [1.807, 2.05) is 28.8 Å². The maximum atomic E-state index is 12.9. The van der Waals surface area contributed by atoms with E-state index >= 15 is 0 Å². The first-order valence-electron chi connectivity index (χ1n) is 9.90. The van der Waals surface area contributed by atoms with E-state index in [9.17, 15) is 9.59 Å². The van der Waals surface area contributed by atoms with Gasteiger partial charge in [-0.2, -0.15) is 4.98 Å². The zero-order valence-electron chi connectivity index (χ0n) is 17.1. The molecule has 0 atom stereocenters. The third-order valence-corrected chi connectivity index (χ3v) is 5.67. The number of aromatic nitrogens is 4. The van der Waals surface area contributed by atoms with Gasteiger partial charge in [-0.15, -0.1) is 0 Å². The van der Waals surface area contributed by atoms with Gasteiger partial charge in [-0.3, -0.25) is 23.4 Å². The molecule has 30 heavy (non-hydrogen) atoms. The Morgan fingerprint density at radius 1 is 1.10 bits per heavy atom. The molecule has 0 spiro atoms. The average molecular weight is 433 g/mol. The molecule has 1 aliphatic heterocycles. The number of ether oxygens (including phenoxy) is 1. The van der Waals surface area contributed by atoms with Gasteiger partial charge in [0.05, 0.1) is 19.8 Å². The van der Waals surface area contributed by atoms with Crippen molar-refractivity contribution in [1.29, 1.82) is 0 Å². The van der Waals surface area contributed by atoms with Crippen LogP contribution in [0, 0.1) is 0 Å². The van der Waals surface area contributed by atoms with E-state index in [0.717, 1.165) is 43.0 Å². The van der Waals surface area contributed by atoms with E-state index in [1.54, 1.807) is 7.05 Å². The molecule has 1 aliphatic rings. The number of nitrogens with one attached hydrogen (secondary N) is 1. The summed E-state index contributed by atoms with van der Waals surface area (Å²) in [5, 5.41) is 4.00. The van der Waals surface area contributed by atoms with Crippen molar-refractivity contribution >= 4 is 28.7 Å². The number of morpholine rings is 1. The van der Waals surface area contributed by atoms with Crippen LogP contribution in [-0.2, 0) is 25.4 Å². The van der Waals surface area contributed by atoms with Crippen molar-refractivity contribution in [2.24, 2.45) is 14.1 Å². The summed E-state index contributed by atoms with van der Waals surface area (Å²) in [6.07, 6.45) is 0. The Morgan fingerprint density at radius 2 is 1.80 bits per heavy atom. The Kier molecular flexibility index (Phi) is 5.94. The molecule has 0 radical (unpaired) electrons. The zero-order chi connectivity index (χ0) is 21.3. The van der Waals surface area contributed by atoms with Crippen LogP contribution < -0.4 is 16.6 Å². The first-order chi connectivity index (χ1) is 14.5. The molecular formula is C20H25ClN6O3. The Hall–Kier alpha value is -2.62. The minimum Gasteiger partial charge on any atom is -0.379 e. The van der Waals surface area contributed by atoms with Crippen molar-refractivity contribution in [3.05, 3.63) is 55.7 Å². The third kappa shape index (κ3) is 4.00. The molecule has 0 amide bonds. The number of aryl methyl sites for hydroxylation is 1. The summed E-state index contributed by atoms with van der Waals surface area (Å²) in [6.45, 7) is 5.22. The van der Waals surface area contributed by atoms with Gasteiger partial charge >= 0.3 is 5.69 Å². The first kappa shape index (κ1) is 20.6. The second-order valence-electron chi connectivity index (χ2n) is 7.41. The summed E-state index contributed by atoms with van der Waals surface area (Å²) >= 11 is 6.01.